The van der Waals surface area contributed by atoms with Crippen LogP contribution >= 0.6 is 11.8 Å². The molecule has 0 aromatic rings. The minimum absolute atomic E-state index is 0.454. The summed E-state index contributed by atoms with van der Waals surface area (Å²) in [5.41, 5.74) is 0.454. The highest BCUT2D eigenvalue weighted by atomic mass is 32.2. The first-order valence-electron chi connectivity index (χ1n) is 24.8. The van der Waals surface area contributed by atoms with Gasteiger partial charge in [-0.05, 0) is 174 Å². The molecule has 0 bridgehead atoms. The number of hydrogen-bond acceptors (Lipinski definition) is 3. The fraction of sp³-hybridized carbons (Fsp3) is 0.704. The van der Waals surface area contributed by atoms with Crippen molar-refractivity contribution in [2.45, 2.75) is 169 Å². The van der Waals surface area contributed by atoms with Crippen LogP contribution < -0.4 is 0 Å². The molecule has 57 heavy (non-hydrogen) atoms. The van der Waals surface area contributed by atoms with Crippen molar-refractivity contribution < 1.29 is 0 Å². The van der Waals surface area contributed by atoms with Gasteiger partial charge in [-0.2, -0.15) is 11.8 Å². The summed E-state index contributed by atoms with van der Waals surface area (Å²) in [7, 11) is 0. The van der Waals surface area contributed by atoms with Gasteiger partial charge < -0.3 is 0 Å². The fourth-order valence-corrected chi connectivity index (χ4v) is 19.7. The van der Waals surface area contributed by atoms with Crippen molar-refractivity contribution in [2.75, 3.05) is 0 Å². The minimum atomic E-state index is 0.454. The lowest BCUT2D eigenvalue weighted by Gasteiger charge is -2.54. The van der Waals surface area contributed by atoms with Gasteiger partial charge in [-0.25, -0.2) is 0 Å². The van der Waals surface area contributed by atoms with Gasteiger partial charge >= 0.3 is 0 Å². The predicted octanol–water partition coefficient (Wildman–Crippen LogP) is 12.4. The second-order valence-corrected chi connectivity index (χ2v) is 22.8. The maximum atomic E-state index is 3.25. The third kappa shape index (κ3) is 5.82. The SMILES string of the molecule is C1=CCC(N(C2C=CC3C4CCCCC4C4(C5C=CCC(N(C6CC=CCC6)C6CC=CCC6)C5C5C=CCCC54)C3C2)C2CC=CC3C4C=CCC4SC32)CC1. The number of hydrogen-bond donors (Lipinski definition) is 0. The van der Waals surface area contributed by atoms with E-state index in [0.717, 1.165) is 81.8 Å². The third-order valence-corrected chi connectivity index (χ3v) is 21.2. The summed E-state index contributed by atoms with van der Waals surface area (Å²) < 4.78 is 0. The Morgan fingerprint density at radius 2 is 1.12 bits per heavy atom. The number of thioether (sulfide) groups is 1. The van der Waals surface area contributed by atoms with Crippen LogP contribution in [0, 0.1) is 64.6 Å². The molecule has 304 valence electrons. The standard InChI is InChI=1S/C54H72N2S/c1-4-17-36(18-5-1)55(37-19-6-2-7-20-37)49-30-16-29-47-52(49)44-24-11-13-28-46(44)54(47)45-27-12-10-23-40(45)41-34-33-39(35-48(41)54)56(38-21-8-3-9-22-38)50-31-14-26-43-42-25-15-32-51(42)57-53(43)50/h1-4,6,8,11,14-16,24-26,29,33-34,36-53H,5,7,9-10,12-13,17-23,27-28,30-32,35H2. The van der Waals surface area contributed by atoms with Crippen LogP contribution in [0.25, 0.3) is 0 Å². The highest BCUT2D eigenvalue weighted by Gasteiger charge is 2.72. The van der Waals surface area contributed by atoms with E-state index in [9.17, 15) is 0 Å². The average molecular weight is 781 g/mol. The van der Waals surface area contributed by atoms with Crippen LogP contribution in [0.3, 0.4) is 0 Å². The normalized spacial score (nSPS) is 51.3. The van der Waals surface area contributed by atoms with Crippen LogP contribution in [0.1, 0.15) is 122 Å². The van der Waals surface area contributed by atoms with Gasteiger partial charge in [0.25, 0.3) is 0 Å². The lowest BCUT2D eigenvalue weighted by Crippen LogP contribution is -2.57. The van der Waals surface area contributed by atoms with Gasteiger partial charge in [-0.1, -0.05) is 110 Å². The summed E-state index contributed by atoms with van der Waals surface area (Å²) in [6.45, 7) is 0. The molecule has 3 heteroatoms. The molecule has 12 aliphatic rings. The van der Waals surface area contributed by atoms with Crippen LogP contribution in [-0.2, 0) is 0 Å². The Kier molecular flexibility index (Phi) is 9.91. The summed E-state index contributed by atoms with van der Waals surface area (Å²) in [5, 5.41) is 1.57. The van der Waals surface area contributed by atoms with Crippen molar-refractivity contribution in [3.63, 3.8) is 0 Å². The maximum absolute atomic E-state index is 3.25. The van der Waals surface area contributed by atoms with Crippen molar-refractivity contribution in [1.29, 1.82) is 0 Å². The largest absolute Gasteiger partial charge is 0.293 e. The summed E-state index contributed by atoms with van der Waals surface area (Å²) in [5.74, 6) is 8.10. The quantitative estimate of drug-likeness (QED) is 0.248. The third-order valence-electron chi connectivity index (χ3n) is 19.4. The molecule has 1 heterocycles. The first kappa shape index (κ1) is 37.0. The summed E-state index contributed by atoms with van der Waals surface area (Å²) in [4.78, 5) is 6.50. The fourth-order valence-electron chi connectivity index (χ4n) is 17.8. The molecule has 2 nitrogen and oxygen atoms in total. The smallest absolute Gasteiger partial charge is 0.0287 e. The topological polar surface area (TPSA) is 6.48 Å². The summed E-state index contributed by atoms with van der Waals surface area (Å²) >= 11 is 2.41. The molecule has 0 aromatic carbocycles. The minimum Gasteiger partial charge on any atom is -0.293 e. The van der Waals surface area contributed by atoms with Crippen LogP contribution in [-0.4, -0.2) is 56.6 Å². The van der Waals surface area contributed by atoms with Gasteiger partial charge in [-0.3, -0.25) is 9.80 Å². The first-order chi connectivity index (χ1) is 28.3. The van der Waals surface area contributed by atoms with Gasteiger partial charge in [-0.15, -0.1) is 0 Å². The van der Waals surface area contributed by atoms with Crippen molar-refractivity contribution in [2.24, 2.45) is 64.6 Å². The monoisotopic (exact) mass is 781 g/mol. The van der Waals surface area contributed by atoms with E-state index < -0.39 is 0 Å². The van der Waals surface area contributed by atoms with Crippen LogP contribution in [0.4, 0.5) is 0 Å². The van der Waals surface area contributed by atoms with Crippen molar-refractivity contribution in [3.05, 3.63) is 97.2 Å². The molecule has 0 aromatic heterocycles. The van der Waals surface area contributed by atoms with Crippen molar-refractivity contribution in [1.82, 2.24) is 9.80 Å². The lowest BCUT2D eigenvalue weighted by molar-refractivity contribution is -0.0295. The van der Waals surface area contributed by atoms with Gasteiger partial charge in [0, 0.05) is 46.8 Å². The van der Waals surface area contributed by atoms with Gasteiger partial charge in [0.2, 0.25) is 0 Å². The highest BCUT2D eigenvalue weighted by molar-refractivity contribution is 8.00. The average Bonchev–Trinajstić information content (AvgIpc) is 4.03. The Bertz CT molecular complexity index is 1720. The van der Waals surface area contributed by atoms with Crippen LogP contribution in [0.15, 0.2) is 97.2 Å². The van der Waals surface area contributed by atoms with Gasteiger partial charge in [0.1, 0.15) is 0 Å². The molecule has 19 unspecified atom stereocenters. The van der Waals surface area contributed by atoms with Crippen LogP contribution in [0.2, 0.25) is 0 Å². The van der Waals surface area contributed by atoms with Crippen molar-refractivity contribution in [3.8, 4) is 0 Å². The van der Waals surface area contributed by atoms with E-state index in [1.54, 1.807) is 0 Å². The Balaban J connectivity index is 0.945. The van der Waals surface area contributed by atoms with E-state index >= 15 is 0 Å². The van der Waals surface area contributed by atoms with E-state index in [1.807, 2.05) is 0 Å². The molecule has 1 saturated heterocycles. The van der Waals surface area contributed by atoms with E-state index in [0.29, 0.717) is 29.6 Å². The molecule has 1 aliphatic heterocycles. The lowest BCUT2D eigenvalue weighted by atomic mass is 9.54. The highest BCUT2D eigenvalue weighted by Crippen LogP contribution is 2.76. The summed E-state index contributed by atoms with van der Waals surface area (Å²) in [6, 6.07) is 4.10. The van der Waals surface area contributed by atoms with Crippen molar-refractivity contribution >= 4 is 11.8 Å². The van der Waals surface area contributed by atoms with E-state index in [1.165, 1.54) is 122 Å². The molecule has 0 amide bonds. The van der Waals surface area contributed by atoms with Crippen LogP contribution in [0.5, 0.6) is 0 Å². The first-order valence-corrected chi connectivity index (χ1v) is 25.7. The Morgan fingerprint density at radius 1 is 0.456 bits per heavy atom. The second kappa shape index (κ2) is 15.3. The molecular weight excluding hydrogens is 709 g/mol. The number of allylic oxidation sites excluding steroid dienone is 10. The molecule has 0 radical (unpaired) electrons. The van der Waals surface area contributed by atoms with E-state index in [-0.39, 0.29) is 0 Å². The number of nitrogens with zero attached hydrogens (tertiary/aromatic N) is 2. The summed E-state index contributed by atoms with van der Waals surface area (Å²) in [6.07, 6.45) is 68.4. The molecule has 19 atom stereocenters. The molecular formula is C54H72N2S. The van der Waals surface area contributed by atoms with E-state index in [2.05, 4.69) is 119 Å². The molecule has 11 aliphatic carbocycles. The molecule has 3 saturated carbocycles. The zero-order chi connectivity index (χ0) is 37.5. The van der Waals surface area contributed by atoms with E-state index in [4.69, 9.17) is 0 Å². The zero-order valence-corrected chi connectivity index (χ0v) is 35.7. The van der Waals surface area contributed by atoms with Gasteiger partial charge in [0.05, 0.1) is 0 Å². The molecule has 0 N–H and O–H groups in total. The maximum Gasteiger partial charge on any atom is 0.0287 e. The molecule has 1 spiro atoms. The Hall–Kier alpha value is -1.81. The Labute approximate surface area is 350 Å². The predicted molar refractivity (Wildman–Crippen MR) is 240 cm³/mol. The Morgan fingerprint density at radius 3 is 1.89 bits per heavy atom. The second-order valence-electron chi connectivity index (χ2n) is 21.3. The molecule has 12 rings (SSSR count). The number of rotatable bonds is 6. The molecule has 4 fully saturated rings. The zero-order valence-electron chi connectivity index (χ0n) is 34.9. The number of fused-ring (bicyclic) bond motifs is 13. The van der Waals surface area contributed by atoms with Gasteiger partial charge in [0.15, 0.2) is 0 Å².